The van der Waals surface area contributed by atoms with Gasteiger partial charge in [0.05, 0.1) is 6.04 Å². The molecule has 112 valence electrons. The lowest BCUT2D eigenvalue weighted by atomic mass is 10.0. The van der Waals surface area contributed by atoms with Gasteiger partial charge in [-0.3, -0.25) is 9.48 Å². The molecule has 0 bridgehead atoms. The summed E-state index contributed by atoms with van der Waals surface area (Å²) in [5.74, 6) is 0.406. The molecule has 5 heteroatoms. The monoisotopic (exact) mass is 278 g/mol. The molecule has 1 aromatic heterocycles. The van der Waals surface area contributed by atoms with E-state index >= 15 is 0 Å². The van der Waals surface area contributed by atoms with Crippen LogP contribution in [0.4, 0.5) is 0 Å². The van der Waals surface area contributed by atoms with Crippen LogP contribution in [0.1, 0.15) is 56.6 Å². The fourth-order valence-electron chi connectivity index (χ4n) is 2.50. The zero-order chi connectivity index (χ0) is 14.5. The Morgan fingerprint density at radius 2 is 2.40 bits per heavy atom. The number of nitrogens with one attached hydrogen (secondary N) is 2. The van der Waals surface area contributed by atoms with E-state index < -0.39 is 0 Å². The first-order valence-corrected chi connectivity index (χ1v) is 7.68. The maximum absolute atomic E-state index is 12.2. The lowest BCUT2D eigenvalue weighted by Gasteiger charge is -2.23. The van der Waals surface area contributed by atoms with E-state index in [1.165, 1.54) is 0 Å². The minimum atomic E-state index is -0.0691. The summed E-state index contributed by atoms with van der Waals surface area (Å²) in [6, 6.07) is 2.36. The van der Waals surface area contributed by atoms with E-state index in [4.69, 9.17) is 0 Å². The second kappa shape index (κ2) is 6.88. The van der Waals surface area contributed by atoms with Gasteiger partial charge in [0.25, 0.3) is 5.91 Å². The fraction of sp³-hybridized carbons (Fsp3) is 0.733. The SMILES string of the molecule is CCC(C)C(C)NC(=O)c1ccn(C2CCCNC2)n1. The Bertz CT molecular complexity index is 437. The number of aromatic nitrogens is 2. The van der Waals surface area contributed by atoms with E-state index in [1.54, 1.807) is 0 Å². The second-order valence-corrected chi connectivity index (χ2v) is 5.83. The summed E-state index contributed by atoms with van der Waals surface area (Å²) in [4.78, 5) is 12.2. The fourth-order valence-corrected chi connectivity index (χ4v) is 2.50. The van der Waals surface area contributed by atoms with Crippen molar-refractivity contribution < 1.29 is 4.79 Å². The van der Waals surface area contributed by atoms with Crippen LogP contribution in [0.5, 0.6) is 0 Å². The van der Waals surface area contributed by atoms with Crippen molar-refractivity contribution in [3.63, 3.8) is 0 Å². The Labute approximate surface area is 121 Å². The summed E-state index contributed by atoms with van der Waals surface area (Å²) >= 11 is 0. The van der Waals surface area contributed by atoms with Crippen LogP contribution >= 0.6 is 0 Å². The number of hydrogen-bond acceptors (Lipinski definition) is 3. The van der Waals surface area contributed by atoms with Crippen molar-refractivity contribution >= 4 is 5.91 Å². The van der Waals surface area contributed by atoms with Gasteiger partial charge in [-0.1, -0.05) is 20.3 Å². The average molecular weight is 278 g/mol. The Hall–Kier alpha value is -1.36. The van der Waals surface area contributed by atoms with Crippen LogP contribution in [-0.4, -0.2) is 34.8 Å². The van der Waals surface area contributed by atoms with Crippen molar-refractivity contribution in [3.8, 4) is 0 Å². The number of rotatable bonds is 5. The van der Waals surface area contributed by atoms with Gasteiger partial charge in [-0.05, 0) is 38.3 Å². The minimum Gasteiger partial charge on any atom is -0.348 e. The van der Waals surface area contributed by atoms with Gasteiger partial charge in [0.2, 0.25) is 0 Å². The highest BCUT2D eigenvalue weighted by molar-refractivity contribution is 5.92. The number of hydrogen-bond donors (Lipinski definition) is 2. The smallest absolute Gasteiger partial charge is 0.271 e. The van der Waals surface area contributed by atoms with E-state index in [0.717, 1.165) is 32.4 Å². The highest BCUT2D eigenvalue weighted by Crippen LogP contribution is 2.16. The molecule has 1 amide bonds. The van der Waals surface area contributed by atoms with Crippen molar-refractivity contribution in [2.45, 2.75) is 52.1 Å². The Balaban J connectivity index is 1.95. The molecule has 2 rings (SSSR count). The van der Waals surface area contributed by atoms with Gasteiger partial charge in [0, 0.05) is 18.8 Å². The second-order valence-electron chi connectivity index (χ2n) is 5.83. The van der Waals surface area contributed by atoms with Crippen LogP contribution in [0, 0.1) is 5.92 Å². The molecule has 1 saturated heterocycles. The van der Waals surface area contributed by atoms with Gasteiger partial charge in [-0.2, -0.15) is 5.10 Å². The van der Waals surface area contributed by atoms with Gasteiger partial charge in [0.15, 0.2) is 0 Å². The van der Waals surface area contributed by atoms with Crippen LogP contribution in [0.2, 0.25) is 0 Å². The van der Waals surface area contributed by atoms with Gasteiger partial charge >= 0.3 is 0 Å². The molecule has 0 saturated carbocycles. The summed E-state index contributed by atoms with van der Waals surface area (Å²) in [5, 5.41) is 10.8. The zero-order valence-corrected chi connectivity index (χ0v) is 12.7. The molecule has 0 spiro atoms. The van der Waals surface area contributed by atoms with E-state index in [1.807, 2.05) is 23.9 Å². The third-order valence-electron chi connectivity index (χ3n) is 4.34. The normalized spacial score (nSPS) is 22.2. The molecule has 20 heavy (non-hydrogen) atoms. The summed E-state index contributed by atoms with van der Waals surface area (Å²) in [7, 11) is 0. The largest absolute Gasteiger partial charge is 0.348 e. The van der Waals surface area contributed by atoms with Gasteiger partial charge in [-0.15, -0.1) is 0 Å². The highest BCUT2D eigenvalue weighted by atomic mass is 16.2. The lowest BCUT2D eigenvalue weighted by Crippen LogP contribution is -2.37. The molecule has 0 aromatic carbocycles. The molecule has 0 aliphatic carbocycles. The molecule has 1 aliphatic heterocycles. The van der Waals surface area contributed by atoms with E-state index in [-0.39, 0.29) is 11.9 Å². The van der Waals surface area contributed by atoms with Crippen LogP contribution in [0.15, 0.2) is 12.3 Å². The van der Waals surface area contributed by atoms with Gasteiger partial charge < -0.3 is 10.6 Å². The molecular formula is C15H26N4O. The first-order valence-electron chi connectivity index (χ1n) is 7.68. The number of carbonyl (C=O) groups is 1. The maximum Gasteiger partial charge on any atom is 0.271 e. The summed E-state index contributed by atoms with van der Waals surface area (Å²) < 4.78 is 1.93. The topological polar surface area (TPSA) is 59.0 Å². The van der Waals surface area contributed by atoms with Crippen LogP contribution in [0.25, 0.3) is 0 Å². The maximum atomic E-state index is 12.2. The molecule has 1 aliphatic rings. The highest BCUT2D eigenvalue weighted by Gasteiger charge is 2.19. The molecule has 3 unspecified atom stereocenters. The molecule has 5 nitrogen and oxygen atoms in total. The number of piperidine rings is 1. The lowest BCUT2D eigenvalue weighted by molar-refractivity contribution is 0.0921. The standard InChI is InChI=1S/C15H26N4O/c1-4-11(2)12(3)17-15(20)14-7-9-19(18-14)13-6-5-8-16-10-13/h7,9,11-13,16H,4-6,8,10H2,1-3H3,(H,17,20). The Morgan fingerprint density at radius 3 is 3.05 bits per heavy atom. The first kappa shape index (κ1) is 15.0. The average Bonchev–Trinajstić information content (AvgIpc) is 2.97. The number of carbonyl (C=O) groups excluding carboxylic acids is 1. The summed E-state index contributed by atoms with van der Waals surface area (Å²) in [6.45, 7) is 8.35. The molecule has 3 atom stereocenters. The van der Waals surface area contributed by atoms with Crippen LogP contribution in [-0.2, 0) is 0 Å². The number of amides is 1. The van der Waals surface area contributed by atoms with Crippen molar-refractivity contribution in [2.75, 3.05) is 13.1 Å². The third kappa shape index (κ3) is 3.60. The van der Waals surface area contributed by atoms with Crippen LogP contribution < -0.4 is 10.6 Å². The molecule has 2 N–H and O–H groups in total. The predicted octanol–water partition coefficient (Wildman–Crippen LogP) is 1.97. The third-order valence-corrected chi connectivity index (χ3v) is 4.34. The Kier molecular flexibility index (Phi) is 5.17. The molecular weight excluding hydrogens is 252 g/mol. The molecule has 1 aromatic rings. The van der Waals surface area contributed by atoms with Crippen molar-refractivity contribution in [1.82, 2.24) is 20.4 Å². The quantitative estimate of drug-likeness (QED) is 0.866. The summed E-state index contributed by atoms with van der Waals surface area (Å²) in [6.07, 6.45) is 5.26. The van der Waals surface area contributed by atoms with Crippen molar-refractivity contribution in [1.29, 1.82) is 0 Å². The first-order chi connectivity index (χ1) is 9.61. The van der Waals surface area contributed by atoms with Crippen molar-refractivity contribution in [3.05, 3.63) is 18.0 Å². The van der Waals surface area contributed by atoms with Crippen molar-refractivity contribution in [2.24, 2.45) is 5.92 Å². The zero-order valence-electron chi connectivity index (χ0n) is 12.7. The van der Waals surface area contributed by atoms with Gasteiger partial charge in [0.1, 0.15) is 5.69 Å². The van der Waals surface area contributed by atoms with Gasteiger partial charge in [-0.25, -0.2) is 0 Å². The Morgan fingerprint density at radius 1 is 1.60 bits per heavy atom. The van der Waals surface area contributed by atoms with Crippen LogP contribution in [0.3, 0.4) is 0 Å². The number of nitrogens with zero attached hydrogens (tertiary/aromatic N) is 2. The molecule has 1 fully saturated rings. The predicted molar refractivity (Wildman–Crippen MR) is 79.8 cm³/mol. The van der Waals surface area contributed by atoms with E-state index in [0.29, 0.717) is 17.7 Å². The molecule has 0 radical (unpaired) electrons. The van der Waals surface area contributed by atoms with E-state index in [9.17, 15) is 4.79 Å². The van der Waals surface area contributed by atoms with E-state index in [2.05, 4.69) is 29.6 Å². The molecule has 2 heterocycles. The minimum absolute atomic E-state index is 0.0691. The summed E-state index contributed by atoms with van der Waals surface area (Å²) in [5.41, 5.74) is 0.519.